The average Bonchev–Trinajstić information content (AvgIpc) is 2.78. The highest BCUT2D eigenvalue weighted by atomic mass is 32.2. The number of amides is 1. The molecule has 0 radical (unpaired) electrons. The van der Waals surface area contributed by atoms with E-state index in [2.05, 4.69) is 26.1 Å². The summed E-state index contributed by atoms with van der Waals surface area (Å²) >= 11 is 0. The summed E-state index contributed by atoms with van der Waals surface area (Å²) < 4.78 is 22.9. The summed E-state index contributed by atoms with van der Waals surface area (Å²) in [5, 5.41) is 3.13. The van der Waals surface area contributed by atoms with E-state index in [0.717, 1.165) is 18.8 Å². The van der Waals surface area contributed by atoms with E-state index >= 15 is 0 Å². The Morgan fingerprint density at radius 1 is 1.14 bits per heavy atom. The van der Waals surface area contributed by atoms with Gasteiger partial charge in [-0.1, -0.05) is 27.2 Å². The largest absolute Gasteiger partial charge is 0.353 e. The molecule has 2 aliphatic rings. The molecule has 1 saturated heterocycles. The van der Waals surface area contributed by atoms with Gasteiger partial charge in [0, 0.05) is 12.5 Å². The van der Waals surface area contributed by atoms with Crippen molar-refractivity contribution in [3.05, 3.63) is 0 Å². The van der Waals surface area contributed by atoms with Crippen LogP contribution in [0.4, 0.5) is 0 Å². The number of carbonyl (C=O) groups excluding carboxylic acids is 1. The lowest BCUT2D eigenvalue weighted by molar-refractivity contribution is -0.122. The molecule has 0 bridgehead atoms. The Labute approximate surface area is 135 Å². The summed E-state index contributed by atoms with van der Waals surface area (Å²) in [6.07, 6.45) is 6.70. The highest BCUT2D eigenvalue weighted by molar-refractivity contribution is 7.91. The van der Waals surface area contributed by atoms with Gasteiger partial charge in [-0.3, -0.25) is 4.79 Å². The molecule has 4 nitrogen and oxygen atoms in total. The molecule has 2 fully saturated rings. The number of hydrogen-bond donors (Lipinski definition) is 1. The van der Waals surface area contributed by atoms with E-state index in [1.807, 2.05) is 0 Å². The molecule has 0 aromatic heterocycles. The fourth-order valence-electron chi connectivity index (χ4n) is 3.89. The molecule has 1 atom stereocenters. The molecule has 1 aliphatic heterocycles. The van der Waals surface area contributed by atoms with E-state index in [-0.39, 0.29) is 29.4 Å². The minimum atomic E-state index is -2.88. The van der Waals surface area contributed by atoms with Gasteiger partial charge >= 0.3 is 0 Å². The van der Waals surface area contributed by atoms with Crippen LogP contribution in [0.2, 0.25) is 0 Å². The molecule has 0 aromatic rings. The van der Waals surface area contributed by atoms with Gasteiger partial charge in [0.15, 0.2) is 9.84 Å². The van der Waals surface area contributed by atoms with Gasteiger partial charge in [0.05, 0.1) is 11.5 Å². The third-order valence-electron chi connectivity index (χ3n) is 5.91. The normalized spacial score (nSPS) is 31.9. The number of sulfone groups is 1. The van der Waals surface area contributed by atoms with E-state index in [4.69, 9.17) is 0 Å². The summed E-state index contributed by atoms with van der Waals surface area (Å²) in [5.74, 6) is 1.27. The van der Waals surface area contributed by atoms with Gasteiger partial charge in [0.2, 0.25) is 5.91 Å². The van der Waals surface area contributed by atoms with Crippen LogP contribution < -0.4 is 5.32 Å². The van der Waals surface area contributed by atoms with Crippen molar-refractivity contribution in [1.82, 2.24) is 5.32 Å². The number of carbonyl (C=O) groups is 1. The first kappa shape index (κ1) is 17.8. The highest BCUT2D eigenvalue weighted by Crippen LogP contribution is 2.40. The van der Waals surface area contributed by atoms with Crippen LogP contribution in [-0.4, -0.2) is 31.9 Å². The standard InChI is InChI=1S/C17H31NO3S/c1-4-17(2,3)14-5-7-15(8-6-14)18-16(19)11-13-9-10-22(20,21)12-13/h13-15H,4-12H2,1-3H3,(H,18,19). The van der Waals surface area contributed by atoms with Crippen molar-refractivity contribution >= 4 is 15.7 Å². The maximum absolute atomic E-state index is 12.1. The maximum Gasteiger partial charge on any atom is 0.220 e. The van der Waals surface area contributed by atoms with Crippen LogP contribution >= 0.6 is 0 Å². The van der Waals surface area contributed by atoms with Crippen molar-refractivity contribution in [3.63, 3.8) is 0 Å². The monoisotopic (exact) mass is 329 g/mol. The van der Waals surface area contributed by atoms with Gasteiger partial charge in [-0.05, 0) is 49.4 Å². The number of nitrogens with one attached hydrogen (secondary N) is 1. The fraction of sp³-hybridized carbons (Fsp3) is 0.941. The molecule has 128 valence electrons. The molecule has 1 aliphatic carbocycles. The Kier molecular flexibility index (Phi) is 5.57. The van der Waals surface area contributed by atoms with E-state index in [1.54, 1.807) is 0 Å². The maximum atomic E-state index is 12.1. The molecule has 1 saturated carbocycles. The highest BCUT2D eigenvalue weighted by Gasteiger charge is 2.33. The first-order valence-electron chi connectivity index (χ1n) is 8.71. The molecule has 1 N–H and O–H groups in total. The van der Waals surface area contributed by atoms with E-state index in [9.17, 15) is 13.2 Å². The van der Waals surface area contributed by atoms with Gasteiger partial charge < -0.3 is 5.32 Å². The Hall–Kier alpha value is -0.580. The third-order valence-corrected chi connectivity index (χ3v) is 7.75. The molecule has 1 heterocycles. The van der Waals surface area contributed by atoms with Crippen LogP contribution in [0.1, 0.15) is 65.7 Å². The van der Waals surface area contributed by atoms with Crippen molar-refractivity contribution in [2.75, 3.05) is 11.5 Å². The third kappa shape index (κ3) is 4.71. The van der Waals surface area contributed by atoms with Crippen LogP contribution in [0, 0.1) is 17.3 Å². The molecule has 0 spiro atoms. The summed E-state index contributed by atoms with van der Waals surface area (Å²) in [6, 6.07) is 0.286. The van der Waals surface area contributed by atoms with Crippen LogP contribution in [0.5, 0.6) is 0 Å². The Morgan fingerprint density at radius 2 is 1.77 bits per heavy atom. The molecule has 0 aromatic carbocycles. The number of rotatable bonds is 5. The van der Waals surface area contributed by atoms with E-state index < -0.39 is 9.84 Å². The second-order valence-electron chi connectivity index (χ2n) is 7.93. The average molecular weight is 330 g/mol. The molecule has 1 amide bonds. The van der Waals surface area contributed by atoms with Crippen molar-refractivity contribution in [3.8, 4) is 0 Å². The van der Waals surface area contributed by atoms with Gasteiger partial charge in [-0.25, -0.2) is 8.42 Å². The molecule has 1 unspecified atom stereocenters. The predicted molar refractivity (Wildman–Crippen MR) is 89.3 cm³/mol. The lowest BCUT2D eigenvalue weighted by atomic mass is 9.69. The Bertz CT molecular complexity index is 490. The lowest BCUT2D eigenvalue weighted by Crippen LogP contribution is -2.40. The SMILES string of the molecule is CCC(C)(C)C1CCC(NC(=O)CC2CCS(=O)(=O)C2)CC1. The van der Waals surface area contributed by atoms with E-state index in [1.165, 1.54) is 19.3 Å². The molecular weight excluding hydrogens is 298 g/mol. The summed E-state index contributed by atoms with van der Waals surface area (Å²) in [5.41, 5.74) is 0.396. The van der Waals surface area contributed by atoms with Crippen molar-refractivity contribution in [1.29, 1.82) is 0 Å². The van der Waals surface area contributed by atoms with Crippen LogP contribution in [0.25, 0.3) is 0 Å². The fourth-order valence-corrected chi connectivity index (χ4v) is 5.75. The minimum Gasteiger partial charge on any atom is -0.353 e. The lowest BCUT2D eigenvalue weighted by Gasteiger charge is -2.39. The van der Waals surface area contributed by atoms with Gasteiger partial charge in [0.1, 0.15) is 0 Å². The zero-order valence-corrected chi connectivity index (χ0v) is 15.0. The zero-order valence-electron chi connectivity index (χ0n) is 14.2. The summed E-state index contributed by atoms with van der Waals surface area (Å²) in [7, 11) is -2.88. The van der Waals surface area contributed by atoms with Crippen molar-refractivity contribution < 1.29 is 13.2 Å². The quantitative estimate of drug-likeness (QED) is 0.843. The van der Waals surface area contributed by atoms with E-state index in [0.29, 0.717) is 18.3 Å². The van der Waals surface area contributed by atoms with Crippen LogP contribution in [-0.2, 0) is 14.6 Å². The molecule has 22 heavy (non-hydrogen) atoms. The van der Waals surface area contributed by atoms with Crippen LogP contribution in [0.15, 0.2) is 0 Å². The van der Waals surface area contributed by atoms with Crippen LogP contribution in [0.3, 0.4) is 0 Å². The first-order valence-corrected chi connectivity index (χ1v) is 10.5. The summed E-state index contributed by atoms with van der Waals surface area (Å²) in [6.45, 7) is 6.94. The summed E-state index contributed by atoms with van der Waals surface area (Å²) in [4.78, 5) is 12.1. The Balaban J connectivity index is 1.73. The Morgan fingerprint density at radius 3 is 2.27 bits per heavy atom. The second kappa shape index (κ2) is 6.90. The molecule has 5 heteroatoms. The van der Waals surface area contributed by atoms with Gasteiger partial charge in [-0.15, -0.1) is 0 Å². The smallest absolute Gasteiger partial charge is 0.220 e. The van der Waals surface area contributed by atoms with Crippen molar-refractivity contribution in [2.24, 2.45) is 17.3 Å². The zero-order chi connectivity index (χ0) is 16.4. The van der Waals surface area contributed by atoms with Gasteiger partial charge in [-0.2, -0.15) is 0 Å². The first-order chi connectivity index (χ1) is 10.2. The topological polar surface area (TPSA) is 63.2 Å². The molecular formula is C17H31NO3S. The van der Waals surface area contributed by atoms with Crippen molar-refractivity contribution in [2.45, 2.75) is 71.8 Å². The minimum absolute atomic E-state index is 0.0281. The second-order valence-corrected chi connectivity index (χ2v) is 10.2. The van der Waals surface area contributed by atoms with Gasteiger partial charge in [0.25, 0.3) is 0 Å². The molecule has 2 rings (SSSR count). The number of hydrogen-bond acceptors (Lipinski definition) is 3. The predicted octanol–water partition coefficient (Wildman–Crippen LogP) is 2.92.